The van der Waals surface area contributed by atoms with Crippen molar-refractivity contribution in [3.05, 3.63) is 0 Å². The maximum Gasteiger partial charge on any atom is 0.237 e. The molecule has 3 atom stereocenters. The molecule has 1 fully saturated rings. The smallest absolute Gasteiger partial charge is 0.237 e. The maximum atomic E-state index is 11.9. The standard InChI is InChI=1S/C14H28N2O.ClH/c1-5-6-11(15)13(17)16-12-7-8-14(3,4)9-10(12)2;/h10-12H,5-9,15H2,1-4H3,(H,16,17);1H. The van der Waals surface area contributed by atoms with Crippen molar-refractivity contribution in [1.29, 1.82) is 0 Å². The van der Waals surface area contributed by atoms with Gasteiger partial charge in [0, 0.05) is 6.04 Å². The summed E-state index contributed by atoms with van der Waals surface area (Å²) in [5.41, 5.74) is 6.25. The molecule has 0 aromatic heterocycles. The summed E-state index contributed by atoms with van der Waals surface area (Å²) < 4.78 is 0. The van der Waals surface area contributed by atoms with E-state index in [1.165, 1.54) is 12.8 Å². The Morgan fingerprint density at radius 2 is 2.11 bits per heavy atom. The second-order valence-electron chi connectivity index (χ2n) is 6.39. The molecule has 0 saturated heterocycles. The summed E-state index contributed by atoms with van der Waals surface area (Å²) in [4.78, 5) is 11.9. The van der Waals surface area contributed by atoms with Crippen molar-refractivity contribution >= 4 is 18.3 Å². The van der Waals surface area contributed by atoms with Crippen LogP contribution < -0.4 is 11.1 Å². The number of rotatable bonds is 4. The summed E-state index contributed by atoms with van der Waals surface area (Å²) in [7, 11) is 0. The van der Waals surface area contributed by atoms with E-state index >= 15 is 0 Å². The van der Waals surface area contributed by atoms with Crippen LogP contribution in [0.15, 0.2) is 0 Å². The number of hydrogen-bond donors (Lipinski definition) is 2. The summed E-state index contributed by atoms with van der Waals surface area (Å²) in [6.07, 6.45) is 5.19. The number of amides is 1. The Hall–Kier alpha value is -0.280. The molecule has 0 aromatic rings. The van der Waals surface area contributed by atoms with Gasteiger partial charge in [0.25, 0.3) is 0 Å². The van der Waals surface area contributed by atoms with Gasteiger partial charge in [-0.3, -0.25) is 4.79 Å². The van der Waals surface area contributed by atoms with Gasteiger partial charge >= 0.3 is 0 Å². The van der Waals surface area contributed by atoms with E-state index < -0.39 is 0 Å². The lowest BCUT2D eigenvalue weighted by Crippen LogP contribution is -2.50. The third kappa shape index (κ3) is 5.15. The predicted octanol–water partition coefficient (Wildman–Crippen LogP) is 2.87. The van der Waals surface area contributed by atoms with Gasteiger partial charge in [0.2, 0.25) is 5.91 Å². The van der Waals surface area contributed by atoms with Gasteiger partial charge in [-0.05, 0) is 37.0 Å². The molecule has 3 nitrogen and oxygen atoms in total. The lowest BCUT2D eigenvalue weighted by Gasteiger charge is -2.39. The second kappa shape index (κ2) is 7.34. The van der Waals surface area contributed by atoms with Crippen LogP contribution in [0.25, 0.3) is 0 Å². The fourth-order valence-electron chi connectivity index (χ4n) is 2.89. The third-order valence-corrected chi connectivity index (χ3v) is 3.96. The molecule has 1 aliphatic rings. The van der Waals surface area contributed by atoms with Gasteiger partial charge in [-0.2, -0.15) is 0 Å². The highest BCUT2D eigenvalue weighted by Gasteiger charge is 2.33. The van der Waals surface area contributed by atoms with Crippen molar-refractivity contribution < 1.29 is 4.79 Å². The summed E-state index contributed by atoms with van der Waals surface area (Å²) in [6.45, 7) is 8.91. The van der Waals surface area contributed by atoms with Crippen molar-refractivity contribution in [3.8, 4) is 0 Å². The van der Waals surface area contributed by atoms with Gasteiger partial charge in [0.1, 0.15) is 0 Å². The monoisotopic (exact) mass is 276 g/mol. The van der Waals surface area contributed by atoms with Crippen molar-refractivity contribution in [2.45, 2.75) is 71.9 Å². The van der Waals surface area contributed by atoms with Gasteiger partial charge in [-0.1, -0.05) is 34.1 Å². The molecule has 0 heterocycles. The quantitative estimate of drug-likeness (QED) is 0.830. The molecule has 3 unspecified atom stereocenters. The summed E-state index contributed by atoms with van der Waals surface area (Å²) in [6, 6.07) is -0.0134. The van der Waals surface area contributed by atoms with Crippen LogP contribution in [0.3, 0.4) is 0 Å². The molecule has 0 spiro atoms. The van der Waals surface area contributed by atoms with Crippen molar-refractivity contribution in [1.82, 2.24) is 5.32 Å². The first kappa shape index (κ1) is 17.7. The van der Waals surface area contributed by atoms with E-state index in [1.54, 1.807) is 0 Å². The van der Waals surface area contributed by atoms with E-state index in [0.29, 0.717) is 17.4 Å². The largest absolute Gasteiger partial charge is 0.352 e. The van der Waals surface area contributed by atoms with Gasteiger partial charge in [0.05, 0.1) is 6.04 Å². The van der Waals surface area contributed by atoms with E-state index in [2.05, 4.69) is 33.0 Å². The number of hydrogen-bond acceptors (Lipinski definition) is 2. The number of nitrogens with one attached hydrogen (secondary N) is 1. The van der Waals surface area contributed by atoms with Crippen LogP contribution in [-0.2, 0) is 4.79 Å². The van der Waals surface area contributed by atoms with E-state index in [1.807, 2.05) is 0 Å². The molecule has 1 rings (SSSR count). The number of carbonyl (C=O) groups is 1. The molecular formula is C14H29ClN2O. The molecule has 3 N–H and O–H groups in total. The molecular weight excluding hydrogens is 248 g/mol. The number of halogens is 1. The van der Waals surface area contributed by atoms with Crippen LogP contribution in [0.1, 0.15) is 59.8 Å². The van der Waals surface area contributed by atoms with Crippen LogP contribution >= 0.6 is 12.4 Å². The Balaban J connectivity index is 0.00000289. The van der Waals surface area contributed by atoms with E-state index in [4.69, 9.17) is 5.73 Å². The number of carbonyl (C=O) groups excluding carboxylic acids is 1. The lowest BCUT2D eigenvalue weighted by atomic mass is 9.70. The minimum atomic E-state index is -0.331. The molecule has 1 saturated carbocycles. The highest BCUT2D eigenvalue weighted by Crippen LogP contribution is 2.38. The molecule has 1 amide bonds. The van der Waals surface area contributed by atoms with E-state index in [-0.39, 0.29) is 24.4 Å². The van der Waals surface area contributed by atoms with Crippen LogP contribution in [-0.4, -0.2) is 18.0 Å². The highest BCUT2D eigenvalue weighted by molar-refractivity contribution is 5.85. The highest BCUT2D eigenvalue weighted by atomic mass is 35.5. The Morgan fingerprint density at radius 3 is 2.61 bits per heavy atom. The van der Waals surface area contributed by atoms with Gasteiger partial charge in [0.15, 0.2) is 0 Å². The van der Waals surface area contributed by atoms with Crippen LogP contribution in [0.5, 0.6) is 0 Å². The van der Waals surface area contributed by atoms with Crippen LogP contribution in [0, 0.1) is 11.3 Å². The fourth-order valence-corrected chi connectivity index (χ4v) is 2.89. The van der Waals surface area contributed by atoms with Gasteiger partial charge in [-0.15, -0.1) is 12.4 Å². The lowest BCUT2D eigenvalue weighted by molar-refractivity contribution is -0.124. The first-order valence-electron chi connectivity index (χ1n) is 6.91. The second-order valence-corrected chi connectivity index (χ2v) is 6.39. The van der Waals surface area contributed by atoms with Crippen molar-refractivity contribution in [3.63, 3.8) is 0 Å². The van der Waals surface area contributed by atoms with Crippen LogP contribution in [0.2, 0.25) is 0 Å². The zero-order valence-corrected chi connectivity index (χ0v) is 13.0. The topological polar surface area (TPSA) is 55.1 Å². The third-order valence-electron chi connectivity index (χ3n) is 3.96. The molecule has 108 valence electrons. The normalized spacial score (nSPS) is 28.1. The van der Waals surface area contributed by atoms with Crippen molar-refractivity contribution in [2.75, 3.05) is 0 Å². The molecule has 1 aliphatic carbocycles. The van der Waals surface area contributed by atoms with Gasteiger partial charge in [-0.25, -0.2) is 0 Å². The zero-order chi connectivity index (χ0) is 13.1. The fraction of sp³-hybridized carbons (Fsp3) is 0.929. The Labute approximate surface area is 118 Å². The Kier molecular flexibility index (Phi) is 7.23. The average molecular weight is 277 g/mol. The summed E-state index contributed by atoms with van der Waals surface area (Å²) >= 11 is 0. The van der Waals surface area contributed by atoms with Gasteiger partial charge < -0.3 is 11.1 Å². The van der Waals surface area contributed by atoms with E-state index in [0.717, 1.165) is 19.3 Å². The molecule has 0 aliphatic heterocycles. The summed E-state index contributed by atoms with van der Waals surface area (Å²) in [5, 5.41) is 3.13. The van der Waals surface area contributed by atoms with Crippen LogP contribution in [0.4, 0.5) is 0 Å². The maximum absolute atomic E-state index is 11.9. The predicted molar refractivity (Wildman–Crippen MR) is 78.9 cm³/mol. The Bertz CT molecular complexity index is 269. The summed E-state index contributed by atoms with van der Waals surface area (Å²) in [5.74, 6) is 0.583. The number of nitrogens with two attached hydrogens (primary N) is 1. The molecule has 0 bridgehead atoms. The molecule has 4 heteroatoms. The van der Waals surface area contributed by atoms with E-state index in [9.17, 15) is 4.79 Å². The zero-order valence-electron chi connectivity index (χ0n) is 12.2. The first-order chi connectivity index (χ1) is 7.85. The molecule has 18 heavy (non-hydrogen) atoms. The molecule has 0 aromatic carbocycles. The SMILES string of the molecule is CCCC(N)C(=O)NC1CCC(C)(C)CC1C.Cl. The average Bonchev–Trinajstić information content (AvgIpc) is 2.21. The van der Waals surface area contributed by atoms with Crippen molar-refractivity contribution in [2.24, 2.45) is 17.1 Å². The Morgan fingerprint density at radius 1 is 1.50 bits per heavy atom. The minimum absolute atomic E-state index is 0. The molecule has 0 radical (unpaired) electrons. The minimum Gasteiger partial charge on any atom is -0.352 e. The first-order valence-corrected chi connectivity index (χ1v) is 6.91.